The molecule has 2 aromatic rings. The van der Waals surface area contributed by atoms with E-state index >= 15 is 0 Å². The Morgan fingerprint density at radius 2 is 2.24 bits per heavy atom. The molecule has 88 valence electrons. The summed E-state index contributed by atoms with van der Waals surface area (Å²) in [5.41, 5.74) is 1.58. The molecule has 3 rings (SSSR count). The lowest BCUT2D eigenvalue weighted by molar-refractivity contribution is 0.313. The lowest BCUT2D eigenvalue weighted by Gasteiger charge is -2.28. The fraction of sp³-hybridized carbons (Fsp3) is 0.417. The van der Waals surface area contributed by atoms with E-state index in [0.29, 0.717) is 5.65 Å². The molecule has 17 heavy (non-hydrogen) atoms. The summed E-state index contributed by atoms with van der Waals surface area (Å²) in [6.07, 6.45) is 4.94. The van der Waals surface area contributed by atoms with Crippen LogP contribution in [0, 0.1) is 6.92 Å². The third-order valence-corrected chi connectivity index (χ3v) is 3.59. The van der Waals surface area contributed by atoms with Crippen molar-refractivity contribution in [1.29, 1.82) is 0 Å². The lowest BCUT2D eigenvalue weighted by atomic mass is 9.92. The van der Waals surface area contributed by atoms with Crippen molar-refractivity contribution in [3.05, 3.63) is 33.5 Å². The van der Waals surface area contributed by atoms with Crippen molar-refractivity contribution >= 4 is 22.6 Å². The number of hydrogen-bond donors (Lipinski definition) is 0. The molecular formula is C12H12ClN3O. The van der Waals surface area contributed by atoms with Crippen LogP contribution in [0.25, 0.3) is 11.0 Å². The number of nitrogens with zero attached hydrogens (tertiary/aromatic N) is 3. The SMILES string of the molecule is Cc1cc(=O)n(C2CCC2)c2nc(Cl)ncc12. The third-order valence-electron chi connectivity index (χ3n) is 3.41. The highest BCUT2D eigenvalue weighted by molar-refractivity contribution is 6.28. The summed E-state index contributed by atoms with van der Waals surface area (Å²) >= 11 is 5.82. The minimum Gasteiger partial charge on any atom is -0.289 e. The zero-order valence-electron chi connectivity index (χ0n) is 9.48. The molecule has 0 spiro atoms. The number of hydrogen-bond acceptors (Lipinski definition) is 3. The summed E-state index contributed by atoms with van der Waals surface area (Å²) in [6.45, 7) is 1.89. The molecule has 0 aliphatic heterocycles. The number of aryl methyl sites for hydroxylation is 1. The molecule has 0 unspecified atom stereocenters. The van der Waals surface area contributed by atoms with Gasteiger partial charge in [0.1, 0.15) is 5.65 Å². The molecule has 2 aromatic heterocycles. The quantitative estimate of drug-likeness (QED) is 0.730. The number of pyridine rings is 1. The van der Waals surface area contributed by atoms with Gasteiger partial charge >= 0.3 is 0 Å². The Morgan fingerprint density at radius 1 is 1.47 bits per heavy atom. The van der Waals surface area contributed by atoms with Crippen molar-refractivity contribution in [2.24, 2.45) is 0 Å². The van der Waals surface area contributed by atoms with Crippen molar-refractivity contribution in [1.82, 2.24) is 14.5 Å². The number of rotatable bonds is 1. The zero-order valence-corrected chi connectivity index (χ0v) is 10.2. The van der Waals surface area contributed by atoms with E-state index in [4.69, 9.17) is 11.6 Å². The predicted molar refractivity (Wildman–Crippen MR) is 66.4 cm³/mol. The van der Waals surface area contributed by atoms with Gasteiger partial charge in [0.05, 0.1) is 0 Å². The first-order valence-electron chi connectivity index (χ1n) is 5.71. The van der Waals surface area contributed by atoms with Gasteiger partial charge in [0.15, 0.2) is 0 Å². The van der Waals surface area contributed by atoms with Crippen LogP contribution in [0.3, 0.4) is 0 Å². The van der Waals surface area contributed by atoms with Crippen LogP contribution in [0.5, 0.6) is 0 Å². The van der Waals surface area contributed by atoms with Gasteiger partial charge < -0.3 is 0 Å². The van der Waals surface area contributed by atoms with Gasteiger partial charge in [-0.2, -0.15) is 4.98 Å². The van der Waals surface area contributed by atoms with Gasteiger partial charge in [-0.15, -0.1) is 0 Å². The largest absolute Gasteiger partial charge is 0.289 e. The molecule has 4 nitrogen and oxygen atoms in total. The van der Waals surface area contributed by atoms with Crippen LogP contribution in [0.1, 0.15) is 30.9 Å². The second-order valence-corrected chi connectivity index (χ2v) is 4.83. The second kappa shape index (κ2) is 3.81. The van der Waals surface area contributed by atoms with Crippen molar-refractivity contribution in [3.8, 4) is 0 Å². The molecule has 0 amide bonds. The number of aromatic nitrogens is 3. The Bertz CT molecular complexity index is 646. The molecule has 5 heteroatoms. The number of fused-ring (bicyclic) bond motifs is 1. The molecule has 1 aliphatic carbocycles. The average Bonchev–Trinajstić information content (AvgIpc) is 2.20. The summed E-state index contributed by atoms with van der Waals surface area (Å²) in [4.78, 5) is 20.3. The van der Waals surface area contributed by atoms with Crippen molar-refractivity contribution in [3.63, 3.8) is 0 Å². The highest BCUT2D eigenvalue weighted by Gasteiger charge is 2.23. The maximum absolute atomic E-state index is 12.1. The molecule has 2 heterocycles. The van der Waals surface area contributed by atoms with Gasteiger partial charge in [0, 0.05) is 23.7 Å². The van der Waals surface area contributed by atoms with Crippen LogP contribution in [-0.2, 0) is 0 Å². The van der Waals surface area contributed by atoms with Crippen LogP contribution in [0.2, 0.25) is 5.28 Å². The molecule has 0 aromatic carbocycles. The van der Waals surface area contributed by atoms with Crippen LogP contribution < -0.4 is 5.56 Å². The minimum absolute atomic E-state index is 0.00877. The Hall–Kier alpha value is -1.42. The highest BCUT2D eigenvalue weighted by atomic mass is 35.5. The second-order valence-electron chi connectivity index (χ2n) is 4.50. The topological polar surface area (TPSA) is 47.8 Å². The molecular weight excluding hydrogens is 238 g/mol. The van der Waals surface area contributed by atoms with E-state index in [2.05, 4.69) is 9.97 Å². The van der Waals surface area contributed by atoms with Gasteiger partial charge in [-0.3, -0.25) is 9.36 Å². The Balaban J connectivity index is 2.38. The molecule has 0 saturated heterocycles. The van der Waals surface area contributed by atoms with Crippen LogP contribution in [-0.4, -0.2) is 14.5 Å². The fourth-order valence-electron chi connectivity index (χ4n) is 2.25. The fourth-order valence-corrected chi connectivity index (χ4v) is 2.38. The van der Waals surface area contributed by atoms with Crippen LogP contribution in [0.4, 0.5) is 0 Å². The average molecular weight is 250 g/mol. The summed E-state index contributed by atoms with van der Waals surface area (Å²) in [5.74, 6) is 0. The molecule has 1 saturated carbocycles. The molecule has 1 fully saturated rings. The first-order valence-corrected chi connectivity index (χ1v) is 6.09. The summed E-state index contributed by atoms with van der Waals surface area (Å²) in [7, 11) is 0. The van der Waals surface area contributed by atoms with Crippen molar-refractivity contribution in [2.45, 2.75) is 32.2 Å². The zero-order chi connectivity index (χ0) is 12.0. The normalized spacial score (nSPS) is 16.1. The van der Waals surface area contributed by atoms with Crippen molar-refractivity contribution < 1.29 is 0 Å². The lowest BCUT2D eigenvalue weighted by Crippen LogP contribution is -2.29. The highest BCUT2D eigenvalue weighted by Crippen LogP contribution is 2.32. The van der Waals surface area contributed by atoms with E-state index in [1.807, 2.05) is 6.92 Å². The van der Waals surface area contributed by atoms with Crippen LogP contribution in [0.15, 0.2) is 17.1 Å². The van der Waals surface area contributed by atoms with Gasteiger partial charge in [-0.05, 0) is 43.4 Å². The van der Waals surface area contributed by atoms with E-state index in [9.17, 15) is 4.79 Å². The monoisotopic (exact) mass is 249 g/mol. The Kier molecular flexibility index (Phi) is 2.40. The Labute approximate surface area is 103 Å². The van der Waals surface area contributed by atoms with E-state index in [1.54, 1.807) is 16.8 Å². The standard InChI is InChI=1S/C12H12ClN3O/c1-7-5-10(17)16(8-3-2-4-8)11-9(7)6-14-12(13)15-11/h5-6,8H,2-4H2,1H3. The van der Waals surface area contributed by atoms with E-state index in [1.165, 1.54) is 6.42 Å². The predicted octanol–water partition coefficient (Wildman–Crippen LogP) is 2.48. The van der Waals surface area contributed by atoms with Gasteiger partial charge in [-0.1, -0.05) is 0 Å². The van der Waals surface area contributed by atoms with Gasteiger partial charge in [0.25, 0.3) is 5.56 Å². The van der Waals surface area contributed by atoms with Crippen molar-refractivity contribution in [2.75, 3.05) is 0 Å². The van der Waals surface area contributed by atoms with E-state index in [0.717, 1.165) is 23.8 Å². The summed E-state index contributed by atoms with van der Waals surface area (Å²) in [6, 6.07) is 1.93. The van der Waals surface area contributed by atoms with Gasteiger partial charge in [-0.25, -0.2) is 4.98 Å². The first kappa shape index (κ1) is 10.7. The summed E-state index contributed by atoms with van der Waals surface area (Å²) < 4.78 is 1.76. The smallest absolute Gasteiger partial charge is 0.252 e. The summed E-state index contributed by atoms with van der Waals surface area (Å²) in [5, 5.41) is 1.09. The minimum atomic E-state index is 0.00877. The molecule has 0 bridgehead atoms. The van der Waals surface area contributed by atoms with Crippen LogP contribution >= 0.6 is 11.6 Å². The molecule has 0 atom stereocenters. The van der Waals surface area contributed by atoms with Gasteiger partial charge in [0.2, 0.25) is 5.28 Å². The maximum atomic E-state index is 12.1. The Morgan fingerprint density at radius 3 is 2.88 bits per heavy atom. The first-order chi connectivity index (χ1) is 8.16. The molecule has 0 N–H and O–H groups in total. The third kappa shape index (κ3) is 1.63. The number of halogens is 1. The van der Waals surface area contributed by atoms with E-state index in [-0.39, 0.29) is 16.9 Å². The molecule has 0 radical (unpaired) electrons. The van der Waals surface area contributed by atoms with E-state index < -0.39 is 0 Å². The maximum Gasteiger partial charge on any atom is 0.252 e. The molecule has 1 aliphatic rings.